The largest absolute Gasteiger partial charge is 0.508 e. The zero-order valence-electron chi connectivity index (χ0n) is 10.0. The van der Waals surface area contributed by atoms with Crippen LogP contribution in [-0.2, 0) is 6.42 Å². The normalized spacial score (nSPS) is 14.7. The lowest BCUT2D eigenvalue weighted by Gasteiger charge is -2.23. The second kappa shape index (κ2) is 5.87. The van der Waals surface area contributed by atoms with E-state index >= 15 is 0 Å². The molecule has 0 aromatic heterocycles. The average Bonchev–Trinajstić information content (AvgIpc) is 2.21. The van der Waals surface area contributed by atoms with Crippen LogP contribution >= 0.6 is 0 Å². The van der Waals surface area contributed by atoms with Crippen LogP contribution < -0.4 is 5.32 Å². The zero-order valence-corrected chi connectivity index (χ0v) is 10.0. The van der Waals surface area contributed by atoms with Gasteiger partial charge in [-0.1, -0.05) is 19.1 Å². The first kappa shape index (κ1) is 13.0. The molecule has 0 bridgehead atoms. The SMILES string of the molecule is CCNCCC(C)(O)Cc1ccc(O)cc1. The molecule has 16 heavy (non-hydrogen) atoms. The summed E-state index contributed by atoms with van der Waals surface area (Å²) in [6.45, 7) is 5.64. The predicted octanol–water partition coefficient (Wildman–Crippen LogP) is 1.69. The number of aromatic hydroxyl groups is 1. The molecule has 1 aromatic carbocycles. The van der Waals surface area contributed by atoms with Crippen molar-refractivity contribution in [3.05, 3.63) is 29.8 Å². The molecule has 1 aromatic rings. The fourth-order valence-electron chi connectivity index (χ4n) is 1.68. The predicted molar refractivity (Wildman–Crippen MR) is 65.6 cm³/mol. The van der Waals surface area contributed by atoms with Gasteiger partial charge in [-0.05, 0) is 44.1 Å². The van der Waals surface area contributed by atoms with E-state index in [9.17, 15) is 5.11 Å². The van der Waals surface area contributed by atoms with Gasteiger partial charge in [-0.3, -0.25) is 0 Å². The van der Waals surface area contributed by atoms with Crippen molar-refractivity contribution in [3.63, 3.8) is 0 Å². The van der Waals surface area contributed by atoms with Gasteiger partial charge in [0.2, 0.25) is 0 Å². The number of phenols is 1. The van der Waals surface area contributed by atoms with Gasteiger partial charge in [-0.15, -0.1) is 0 Å². The number of aliphatic hydroxyl groups is 1. The van der Waals surface area contributed by atoms with Crippen LogP contribution in [0.3, 0.4) is 0 Å². The molecule has 1 atom stereocenters. The highest BCUT2D eigenvalue weighted by Crippen LogP contribution is 2.18. The van der Waals surface area contributed by atoms with Crippen molar-refractivity contribution in [1.82, 2.24) is 5.32 Å². The Morgan fingerprint density at radius 3 is 2.44 bits per heavy atom. The highest BCUT2D eigenvalue weighted by Gasteiger charge is 2.20. The minimum absolute atomic E-state index is 0.260. The maximum atomic E-state index is 10.2. The number of hydrogen-bond donors (Lipinski definition) is 3. The van der Waals surface area contributed by atoms with Gasteiger partial charge in [-0.25, -0.2) is 0 Å². The Hall–Kier alpha value is -1.06. The van der Waals surface area contributed by atoms with E-state index in [4.69, 9.17) is 5.11 Å². The molecule has 0 aliphatic heterocycles. The molecule has 0 radical (unpaired) electrons. The average molecular weight is 223 g/mol. The lowest BCUT2D eigenvalue weighted by atomic mass is 9.93. The number of phenolic OH excluding ortho intramolecular Hbond substituents is 1. The van der Waals surface area contributed by atoms with Crippen molar-refractivity contribution in [1.29, 1.82) is 0 Å². The molecular weight excluding hydrogens is 202 g/mol. The van der Waals surface area contributed by atoms with Crippen LogP contribution in [0.4, 0.5) is 0 Å². The summed E-state index contributed by atoms with van der Waals surface area (Å²) in [6.07, 6.45) is 1.33. The van der Waals surface area contributed by atoms with E-state index in [2.05, 4.69) is 12.2 Å². The Balaban J connectivity index is 2.48. The van der Waals surface area contributed by atoms with Gasteiger partial charge in [0.15, 0.2) is 0 Å². The van der Waals surface area contributed by atoms with Crippen molar-refractivity contribution < 1.29 is 10.2 Å². The van der Waals surface area contributed by atoms with Crippen LogP contribution in [0, 0.1) is 0 Å². The molecule has 0 spiro atoms. The molecule has 0 saturated carbocycles. The van der Waals surface area contributed by atoms with Gasteiger partial charge in [-0.2, -0.15) is 0 Å². The third kappa shape index (κ3) is 4.64. The lowest BCUT2D eigenvalue weighted by Crippen LogP contribution is -2.32. The van der Waals surface area contributed by atoms with Crippen molar-refractivity contribution in [2.75, 3.05) is 13.1 Å². The second-order valence-corrected chi connectivity index (χ2v) is 4.44. The van der Waals surface area contributed by atoms with Crippen LogP contribution in [0.1, 0.15) is 25.8 Å². The van der Waals surface area contributed by atoms with Crippen LogP contribution in [-0.4, -0.2) is 28.9 Å². The minimum atomic E-state index is -0.695. The summed E-state index contributed by atoms with van der Waals surface area (Å²) in [7, 11) is 0. The van der Waals surface area contributed by atoms with Crippen LogP contribution in [0.15, 0.2) is 24.3 Å². The van der Waals surface area contributed by atoms with Crippen molar-refractivity contribution in [2.24, 2.45) is 0 Å². The van der Waals surface area contributed by atoms with Crippen LogP contribution in [0.25, 0.3) is 0 Å². The van der Waals surface area contributed by atoms with E-state index in [1.165, 1.54) is 0 Å². The molecule has 0 amide bonds. The monoisotopic (exact) mass is 223 g/mol. The van der Waals surface area contributed by atoms with Crippen molar-refractivity contribution >= 4 is 0 Å². The van der Waals surface area contributed by atoms with Crippen molar-refractivity contribution in [3.8, 4) is 5.75 Å². The number of nitrogens with one attached hydrogen (secondary N) is 1. The number of rotatable bonds is 6. The number of benzene rings is 1. The van der Waals surface area contributed by atoms with Crippen molar-refractivity contribution in [2.45, 2.75) is 32.3 Å². The van der Waals surface area contributed by atoms with Gasteiger partial charge < -0.3 is 15.5 Å². The molecule has 0 heterocycles. The molecule has 90 valence electrons. The fraction of sp³-hybridized carbons (Fsp3) is 0.538. The smallest absolute Gasteiger partial charge is 0.115 e. The summed E-state index contributed by atoms with van der Waals surface area (Å²) in [5.74, 6) is 0.260. The highest BCUT2D eigenvalue weighted by atomic mass is 16.3. The van der Waals surface area contributed by atoms with E-state index in [0.717, 1.165) is 25.1 Å². The summed E-state index contributed by atoms with van der Waals surface area (Å²) in [6, 6.07) is 6.99. The second-order valence-electron chi connectivity index (χ2n) is 4.44. The topological polar surface area (TPSA) is 52.5 Å². The molecule has 3 heteroatoms. The maximum absolute atomic E-state index is 10.2. The van der Waals surface area contributed by atoms with Gasteiger partial charge in [0, 0.05) is 6.42 Å². The van der Waals surface area contributed by atoms with E-state index < -0.39 is 5.60 Å². The summed E-state index contributed by atoms with van der Waals surface area (Å²) in [5.41, 5.74) is 0.346. The molecule has 0 fully saturated rings. The molecule has 0 aliphatic carbocycles. The molecule has 3 N–H and O–H groups in total. The Morgan fingerprint density at radius 1 is 1.25 bits per heavy atom. The summed E-state index contributed by atoms with van der Waals surface area (Å²) >= 11 is 0. The Morgan fingerprint density at radius 2 is 1.88 bits per heavy atom. The first-order valence-electron chi connectivity index (χ1n) is 5.74. The third-order valence-corrected chi connectivity index (χ3v) is 2.61. The summed E-state index contributed by atoms with van der Waals surface area (Å²) in [5, 5.41) is 22.5. The van der Waals surface area contributed by atoms with Gasteiger partial charge in [0.05, 0.1) is 5.60 Å². The first-order valence-corrected chi connectivity index (χ1v) is 5.74. The molecule has 1 unspecified atom stereocenters. The van der Waals surface area contributed by atoms with Gasteiger partial charge in [0.1, 0.15) is 5.75 Å². The van der Waals surface area contributed by atoms with E-state index in [-0.39, 0.29) is 5.75 Å². The standard InChI is InChI=1S/C13H21NO2/c1-3-14-9-8-13(2,16)10-11-4-6-12(15)7-5-11/h4-7,14-16H,3,8-10H2,1-2H3. The first-order chi connectivity index (χ1) is 7.53. The maximum Gasteiger partial charge on any atom is 0.115 e. The van der Waals surface area contributed by atoms with E-state index in [0.29, 0.717) is 6.42 Å². The zero-order chi connectivity index (χ0) is 12.0. The molecule has 0 saturated heterocycles. The van der Waals surface area contributed by atoms with Gasteiger partial charge >= 0.3 is 0 Å². The summed E-state index contributed by atoms with van der Waals surface area (Å²) < 4.78 is 0. The van der Waals surface area contributed by atoms with Crippen LogP contribution in [0.2, 0.25) is 0 Å². The van der Waals surface area contributed by atoms with Crippen LogP contribution in [0.5, 0.6) is 5.75 Å². The molecule has 0 aliphatic rings. The Kier molecular flexibility index (Phi) is 4.77. The molecular formula is C13H21NO2. The third-order valence-electron chi connectivity index (χ3n) is 2.61. The highest BCUT2D eigenvalue weighted by molar-refractivity contribution is 5.26. The molecule has 1 rings (SSSR count). The molecule has 3 nitrogen and oxygen atoms in total. The minimum Gasteiger partial charge on any atom is -0.508 e. The van der Waals surface area contributed by atoms with E-state index in [1.54, 1.807) is 12.1 Å². The Labute approximate surface area is 97.1 Å². The lowest BCUT2D eigenvalue weighted by molar-refractivity contribution is 0.0517. The number of hydrogen-bond acceptors (Lipinski definition) is 3. The quantitative estimate of drug-likeness (QED) is 0.643. The summed E-state index contributed by atoms with van der Waals surface area (Å²) in [4.78, 5) is 0. The fourth-order valence-corrected chi connectivity index (χ4v) is 1.68. The van der Waals surface area contributed by atoms with Gasteiger partial charge in [0.25, 0.3) is 0 Å². The van der Waals surface area contributed by atoms with E-state index in [1.807, 2.05) is 19.1 Å². The Bertz CT molecular complexity index is 306.